The number of halogens is 4. The van der Waals surface area contributed by atoms with E-state index in [-0.39, 0.29) is 30.6 Å². The molecule has 1 N–H and O–H groups in total. The van der Waals surface area contributed by atoms with Gasteiger partial charge in [0.1, 0.15) is 12.4 Å². The Morgan fingerprint density at radius 3 is 2.32 bits per heavy atom. The average molecular weight is 498 g/mol. The molecule has 0 amide bonds. The molecule has 4 nitrogen and oxygen atoms in total. The Kier molecular flexibility index (Phi) is 13.5. The largest absolute Gasteiger partial charge is 0.490 e. The van der Waals surface area contributed by atoms with Gasteiger partial charge in [-0.2, -0.15) is 0 Å². The zero-order valence-corrected chi connectivity index (χ0v) is 19.6. The van der Waals surface area contributed by atoms with Crippen LogP contribution in [0.4, 0.5) is 4.39 Å². The van der Waals surface area contributed by atoms with Crippen LogP contribution < -0.4 is 14.8 Å². The number of nitrogens with one attached hydrogen (secondary N) is 1. The summed E-state index contributed by atoms with van der Waals surface area (Å²) in [7, 11) is 4.11. The van der Waals surface area contributed by atoms with E-state index in [0.29, 0.717) is 24.7 Å². The third kappa shape index (κ3) is 8.97. The van der Waals surface area contributed by atoms with E-state index in [1.54, 1.807) is 12.1 Å². The number of likely N-dealkylation sites (N-methyl/N-ethyl adjacent to an activating group) is 1. The number of hydrogen-bond acceptors (Lipinski definition) is 4. The Balaban J connectivity index is 0.00000364. The Morgan fingerprint density at radius 1 is 1.04 bits per heavy atom. The van der Waals surface area contributed by atoms with Crippen LogP contribution in [0.15, 0.2) is 40.9 Å². The maximum absolute atomic E-state index is 13.0. The van der Waals surface area contributed by atoms with Gasteiger partial charge in [-0.1, -0.05) is 12.1 Å². The standard InChI is InChI=1S/C20H26BrFN2O2.2ClH/c1-4-25-19-12-16(13-23-9-10-24(2)3)11-18(21)20(19)26-14-15-5-7-17(22)8-6-15;;/h5-8,11-12,23H,4,9-10,13-14H2,1-3H3;2*1H. The first-order valence-corrected chi connectivity index (χ1v) is 9.46. The van der Waals surface area contributed by atoms with Gasteiger partial charge < -0.3 is 19.7 Å². The highest BCUT2D eigenvalue weighted by atomic mass is 79.9. The average Bonchev–Trinajstić information content (AvgIpc) is 2.59. The van der Waals surface area contributed by atoms with Gasteiger partial charge in [-0.25, -0.2) is 4.39 Å². The molecular formula is C20H28BrCl2FN2O2. The third-order valence-electron chi connectivity index (χ3n) is 3.73. The predicted octanol–water partition coefficient (Wildman–Crippen LogP) is 5.06. The molecule has 0 aliphatic heterocycles. The minimum Gasteiger partial charge on any atom is -0.490 e. The predicted molar refractivity (Wildman–Crippen MR) is 121 cm³/mol. The second kappa shape index (κ2) is 14.0. The molecule has 0 aliphatic rings. The second-order valence-electron chi connectivity index (χ2n) is 6.23. The summed E-state index contributed by atoms with van der Waals surface area (Å²) in [6, 6.07) is 10.3. The molecule has 2 aromatic carbocycles. The first kappa shape index (κ1) is 27.0. The molecule has 0 bridgehead atoms. The van der Waals surface area contributed by atoms with Gasteiger partial charge in [0.2, 0.25) is 0 Å². The van der Waals surface area contributed by atoms with Crippen LogP contribution >= 0.6 is 40.7 Å². The van der Waals surface area contributed by atoms with Crippen LogP contribution in [0.5, 0.6) is 11.5 Å². The van der Waals surface area contributed by atoms with Crippen molar-refractivity contribution in [1.29, 1.82) is 0 Å². The van der Waals surface area contributed by atoms with Crippen LogP contribution in [0.1, 0.15) is 18.1 Å². The van der Waals surface area contributed by atoms with Crippen LogP contribution in [0.25, 0.3) is 0 Å². The molecule has 2 aromatic rings. The van der Waals surface area contributed by atoms with Crippen molar-refractivity contribution >= 4 is 40.7 Å². The Morgan fingerprint density at radius 2 is 1.71 bits per heavy atom. The molecule has 0 fully saturated rings. The lowest BCUT2D eigenvalue weighted by molar-refractivity contribution is 0.267. The van der Waals surface area contributed by atoms with Gasteiger partial charge >= 0.3 is 0 Å². The first-order valence-electron chi connectivity index (χ1n) is 8.67. The van der Waals surface area contributed by atoms with E-state index in [1.807, 2.05) is 19.1 Å². The summed E-state index contributed by atoms with van der Waals surface area (Å²) in [5, 5.41) is 3.42. The van der Waals surface area contributed by atoms with Crippen LogP contribution in [-0.4, -0.2) is 38.7 Å². The van der Waals surface area contributed by atoms with E-state index < -0.39 is 0 Å². The zero-order valence-electron chi connectivity index (χ0n) is 16.3. The van der Waals surface area contributed by atoms with Crippen LogP contribution in [0.3, 0.4) is 0 Å². The smallest absolute Gasteiger partial charge is 0.175 e. The highest BCUT2D eigenvalue weighted by Crippen LogP contribution is 2.37. The maximum Gasteiger partial charge on any atom is 0.175 e. The van der Waals surface area contributed by atoms with E-state index in [9.17, 15) is 4.39 Å². The van der Waals surface area contributed by atoms with Gasteiger partial charge in [-0.15, -0.1) is 24.8 Å². The lowest BCUT2D eigenvalue weighted by Crippen LogP contribution is -2.26. The molecule has 158 valence electrons. The molecule has 0 unspecified atom stereocenters. The molecule has 0 radical (unpaired) electrons. The highest BCUT2D eigenvalue weighted by molar-refractivity contribution is 9.10. The number of hydrogen-bond donors (Lipinski definition) is 1. The molecule has 0 saturated heterocycles. The molecule has 0 aliphatic carbocycles. The van der Waals surface area contributed by atoms with Crippen molar-refractivity contribution in [3.8, 4) is 11.5 Å². The summed E-state index contributed by atoms with van der Waals surface area (Å²) >= 11 is 3.58. The number of ether oxygens (including phenoxy) is 2. The molecular weight excluding hydrogens is 470 g/mol. The minimum absolute atomic E-state index is 0. The van der Waals surface area contributed by atoms with Crippen molar-refractivity contribution in [3.05, 3.63) is 57.8 Å². The van der Waals surface area contributed by atoms with Crippen LogP contribution in [-0.2, 0) is 13.2 Å². The lowest BCUT2D eigenvalue weighted by atomic mass is 10.2. The summed E-state index contributed by atoms with van der Waals surface area (Å²) < 4.78 is 25.6. The maximum atomic E-state index is 13.0. The van der Waals surface area contributed by atoms with Crippen LogP contribution in [0, 0.1) is 5.82 Å². The van der Waals surface area contributed by atoms with Gasteiger partial charge in [0.15, 0.2) is 11.5 Å². The van der Waals surface area contributed by atoms with Crippen molar-refractivity contribution in [3.63, 3.8) is 0 Å². The Hall–Kier alpha value is -1.05. The molecule has 0 aromatic heterocycles. The van der Waals surface area contributed by atoms with Gasteiger partial charge in [-0.3, -0.25) is 0 Å². The van der Waals surface area contributed by atoms with Crippen molar-refractivity contribution in [2.45, 2.75) is 20.1 Å². The summed E-state index contributed by atoms with van der Waals surface area (Å²) in [4.78, 5) is 2.14. The molecule has 28 heavy (non-hydrogen) atoms. The molecule has 8 heteroatoms. The van der Waals surface area contributed by atoms with E-state index in [1.165, 1.54) is 12.1 Å². The van der Waals surface area contributed by atoms with E-state index >= 15 is 0 Å². The fraction of sp³-hybridized carbons (Fsp3) is 0.400. The first-order chi connectivity index (χ1) is 12.5. The Labute approximate surface area is 187 Å². The van der Waals surface area contributed by atoms with Gasteiger partial charge in [0.25, 0.3) is 0 Å². The van der Waals surface area contributed by atoms with Gasteiger partial charge in [-0.05, 0) is 72.3 Å². The van der Waals surface area contributed by atoms with Crippen molar-refractivity contribution in [2.75, 3.05) is 33.8 Å². The second-order valence-corrected chi connectivity index (χ2v) is 7.09. The Bertz CT molecular complexity index is 703. The minimum atomic E-state index is -0.254. The van der Waals surface area contributed by atoms with Gasteiger partial charge in [0, 0.05) is 19.6 Å². The van der Waals surface area contributed by atoms with E-state index in [4.69, 9.17) is 9.47 Å². The van der Waals surface area contributed by atoms with Gasteiger partial charge in [0.05, 0.1) is 11.1 Å². The quantitative estimate of drug-likeness (QED) is 0.465. The topological polar surface area (TPSA) is 33.7 Å². The summed E-state index contributed by atoms with van der Waals surface area (Å²) in [5.41, 5.74) is 2.02. The van der Waals surface area contributed by atoms with Crippen molar-refractivity contribution in [1.82, 2.24) is 10.2 Å². The van der Waals surface area contributed by atoms with Crippen molar-refractivity contribution < 1.29 is 13.9 Å². The number of benzene rings is 2. The fourth-order valence-corrected chi connectivity index (χ4v) is 3.00. The molecule has 2 rings (SSSR count). The number of nitrogens with zero attached hydrogens (tertiary/aromatic N) is 1. The fourth-order valence-electron chi connectivity index (χ4n) is 2.40. The summed E-state index contributed by atoms with van der Waals surface area (Å²) in [6.45, 7) is 5.50. The molecule has 0 saturated carbocycles. The monoisotopic (exact) mass is 496 g/mol. The summed E-state index contributed by atoms with van der Waals surface area (Å²) in [6.07, 6.45) is 0. The zero-order chi connectivity index (χ0) is 18.9. The molecule has 0 atom stereocenters. The molecule has 0 spiro atoms. The third-order valence-corrected chi connectivity index (χ3v) is 4.32. The van der Waals surface area contributed by atoms with E-state index in [2.05, 4.69) is 40.2 Å². The van der Waals surface area contributed by atoms with E-state index in [0.717, 1.165) is 35.2 Å². The summed E-state index contributed by atoms with van der Waals surface area (Å²) in [5.74, 6) is 1.11. The number of rotatable bonds is 10. The SMILES string of the molecule is CCOc1cc(CNCCN(C)C)cc(Br)c1OCc1ccc(F)cc1.Cl.Cl. The normalized spacial score (nSPS) is 10.2. The van der Waals surface area contributed by atoms with Crippen LogP contribution in [0.2, 0.25) is 0 Å². The highest BCUT2D eigenvalue weighted by Gasteiger charge is 2.13. The molecule has 0 heterocycles. The lowest BCUT2D eigenvalue weighted by Gasteiger charge is -2.16. The van der Waals surface area contributed by atoms with Crippen molar-refractivity contribution in [2.24, 2.45) is 0 Å².